The van der Waals surface area contributed by atoms with Gasteiger partial charge in [-0.25, -0.2) is 9.78 Å². The molecule has 1 aromatic heterocycles. The highest BCUT2D eigenvalue weighted by atomic mass is 16.6. The van der Waals surface area contributed by atoms with E-state index in [0.29, 0.717) is 24.2 Å². The Morgan fingerprint density at radius 2 is 2.25 bits per heavy atom. The predicted molar refractivity (Wildman–Crippen MR) is 75.4 cm³/mol. The number of nitrogens with zero attached hydrogens (tertiary/aromatic N) is 1. The fourth-order valence-corrected chi connectivity index (χ4v) is 1.30. The molecule has 0 radical (unpaired) electrons. The van der Waals surface area contributed by atoms with Crippen LogP contribution in [0, 0.1) is 11.8 Å². The summed E-state index contributed by atoms with van der Waals surface area (Å²) in [6.45, 7) is 5.78. The minimum Gasteiger partial charge on any atom is -0.444 e. The summed E-state index contributed by atoms with van der Waals surface area (Å²) in [5.41, 5.74) is 0.391. The summed E-state index contributed by atoms with van der Waals surface area (Å²) in [5.74, 6) is 5.65. The summed E-state index contributed by atoms with van der Waals surface area (Å²) in [6.07, 6.45) is 2.28. The van der Waals surface area contributed by atoms with E-state index in [2.05, 4.69) is 22.1 Å². The number of amides is 1. The van der Waals surface area contributed by atoms with Gasteiger partial charge < -0.3 is 10.1 Å². The van der Waals surface area contributed by atoms with Crippen molar-refractivity contribution in [2.24, 2.45) is 0 Å². The SMILES string of the molecule is CC(C)(C)OC(=O)NCCC#Cc1ncccc1C=O. The Morgan fingerprint density at radius 3 is 2.90 bits per heavy atom. The fourth-order valence-electron chi connectivity index (χ4n) is 1.30. The van der Waals surface area contributed by atoms with Crippen LogP contribution in [0.5, 0.6) is 0 Å². The number of ether oxygens (including phenoxy) is 1. The molecule has 0 aromatic carbocycles. The molecule has 0 saturated heterocycles. The maximum Gasteiger partial charge on any atom is 0.407 e. The normalized spacial score (nSPS) is 10.2. The Bertz CT molecular complexity index is 536. The van der Waals surface area contributed by atoms with Crippen molar-refractivity contribution in [3.63, 3.8) is 0 Å². The Hall–Kier alpha value is -2.35. The number of aldehydes is 1. The van der Waals surface area contributed by atoms with Crippen molar-refractivity contribution < 1.29 is 14.3 Å². The molecule has 0 unspecified atom stereocenters. The van der Waals surface area contributed by atoms with Crippen molar-refractivity contribution in [2.45, 2.75) is 32.8 Å². The van der Waals surface area contributed by atoms with Gasteiger partial charge in [0.2, 0.25) is 0 Å². The number of rotatable bonds is 3. The molecule has 5 heteroatoms. The van der Waals surface area contributed by atoms with E-state index in [9.17, 15) is 9.59 Å². The van der Waals surface area contributed by atoms with Crippen LogP contribution >= 0.6 is 0 Å². The van der Waals surface area contributed by atoms with Gasteiger partial charge in [-0.3, -0.25) is 4.79 Å². The van der Waals surface area contributed by atoms with Crippen molar-refractivity contribution >= 4 is 12.4 Å². The first-order valence-corrected chi connectivity index (χ1v) is 6.28. The molecule has 0 aliphatic heterocycles. The standard InChI is InChI=1S/C15H18N2O3/c1-15(2,3)20-14(19)17-9-5-4-8-13-12(11-18)7-6-10-16-13/h6-7,10-11H,5,9H2,1-3H3,(H,17,19). The summed E-state index contributed by atoms with van der Waals surface area (Å²) in [6, 6.07) is 3.34. The molecule has 1 amide bonds. The van der Waals surface area contributed by atoms with Gasteiger partial charge >= 0.3 is 6.09 Å². The molecule has 1 heterocycles. The molecule has 106 valence electrons. The van der Waals surface area contributed by atoms with Crippen molar-refractivity contribution in [2.75, 3.05) is 6.54 Å². The Labute approximate surface area is 118 Å². The number of hydrogen-bond acceptors (Lipinski definition) is 4. The third-order valence-corrected chi connectivity index (χ3v) is 2.09. The van der Waals surface area contributed by atoms with E-state index in [1.165, 1.54) is 0 Å². The number of aromatic nitrogens is 1. The van der Waals surface area contributed by atoms with Crippen molar-refractivity contribution in [1.82, 2.24) is 10.3 Å². The largest absolute Gasteiger partial charge is 0.444 e. The van der Waals surface area contributed by atoms with Gasteiger partial charge in [-0.05, 0) is 38.8 Å². The van der Waals surface area contributed by atoms with E-state index < -0.39 is 11.7 Å². The lowest BCUT2D eigenvalue weighted by atomic mass is 10.2. The zero-order chi connectivity index (χ0) is 15.0. The predicted octanol–water partition coefficient (Wildman–Crippen LogP) is 2.16. The molecular weight excluding hydrogens is 256 g/mol. The van der Waals surface area contributed by atoms with E-state index in [4.69, 9.17) is 4.74 Å². The second kappa shape index (κ2) is 7.29. The molecule has 0 spiro atoms. The molecular formula is C15H18N2O3. The summed E-state index contributed by atoms with van der Waals surface area (Å²) >= 11 is 0. The zero-order valence-electron chi connectivity index (χ0n) is 11.9. The number of carbonyl (C=O) groups excluding carboxylic acids is 2. The summed E-state index contributed by atoms with van der Waals surface area (Å²) < 4.78 is 5.08. The number of hydrogen-bond donors (Lipinski definition) is 1. The molecule has 5 nitrogen and oxygen atoms in total. The Kier molecular flexibility index (Phi) is 5.73. The lowest BCUT2D eigenvalue weighted by Crippen LogP contribution is -2.32. The highest BCUT2D eigenvalue weighted by Crippen LogP contribution is 2.06. The smallest absolute Gasteiger partial charge is 0.407 e. The molecule has 20 heavy (non-hydrogen) atoms. The molecule has 1 rings (SSSR count). The molecule has 1 aromatic rings. The first kappa shape index (κ1) is 15.7. The van der Waals surface area contributed by atoms with E-state index in [1.807, 2.05) is 0 Å². The van der Waals surface area contributed by atoms with Gasteiger partial charge in [0.1, 0.15) is 11.3 Å². The Balaban J connectivity index is 2.40. The van der Waals surface area contributed by atoms with E-state index in [1.54, 1.807) is 39.1 Å². The van der Waals surface area contributed by atoms with Crippen molar-refractivity contribution in [1.29, 1.82) is 0 Å². The van der Waals surface area contributed by atoms with Crippen molar-refractivity contribution in [3.8, 4) is 11.8 Å². The van der Waals surface area contributed by atoms with Crippen LogP contribution in [-0.4, -0.2) is 29.5 Å². The third kappa shape index (κ3) is 6.01. The molecule has 0 aliphatic carbocycles. The second-order valence-electron chi connectivity index (χ2n) is 5.04. The molecule has 0 aliphatic rings. The highest BCUT2D eigenvalue weighted by Gasteiger charge is 2.15. The number of pyridine rings is 1. The van der Waals surface area contributed by atoms with Crippen LogP contribution in [0.2, 0.25) is 0 Å². The van der Waals surface area contributed by atoms with Crippen molar-refractivity contribution in [3.05, 3.63) is 29.6 Å². The van der Waals surface area contributed by atoms with Gasteiger partial charge in [0.25, 0.3) is 0 Å². The summed E-state index contributed by atoms with van der Waals surface area (Å²) in [4.78, 5) is 26.1. The minimum atomic E-state index is -0.511. The number of alkyl carbamates (subject to hydrolysis) is 1. The lowest BCUT2D eigenvalue weighted by molar-refractivity contribution is 0.0529. The highest BCUT2D eigenvalue weighted by molar-refractivity contribution is 5.78. The topological polar surface area (TPSA) is 68.3 Å². The minimum absolute atomic E-state index is 0.380. The van der Waals surface area contributed by atoms with E-state index >= 15 is 0 Å². The lowest BCUT2D eigenvalue weighted by Gasteiger charge is -2.19. The average Bonchev–Trinajstić information content (AvgIpc) is 2.36. The first-order valence-electron chi connectivity index (χ1n) is 6.28. The van der Waals surface area contributed by atoms with Gasteiger partial charge in [0.15, 0.2) is 6.29 Å². The number of nitrogens with one attached hydrogen (secondary N) is 1. The van der Waals surface area contributed by atoms with Gasteiger partial charge in [0, 0.05) is 24.7 Å². The van der Waals surface area contributed by atoms with Crippen LogP contribution < -0.4 is 5.32 Å². The van der Waals surface area contributed by atoms with Crippen LogP contribution in [0.4, 0.5) is 4.79 Å². The molecule has 0 saturated carbocycles. The summed E-state index contributed by atoms with van der Waals surface area (Å²) in [5, 5.41) is 2.60. The van der Waals surface area contributed by atoms with Gasteiger partial charge in [-0.15, -0.1) is 0 Å². The van der Waals surface area contributed by atoms with Gasteiger partial charge in [-0.1, -0.05) is 5.92 Å². The van der Waals surface area contributed by atoms with Crippen LogP contribution in [-0.2, 0) is 4.74 Å². The quantitative estimate of drug-likeness (QED) is 0.521. The summed E-state index contributed by atoms with van der Waals surface area (Å²) in [7, 11) is 0. The van der Waals surface area contributed by atoms with Gasteiger partial charge in [-0.2, -0.15) is 0 Å². The maximum atomic E-state index is 11.4. The van der Waals surface area contributed by atoms with Gasteiger partial charge in [0.05, 0.1) is 0 Å². The van der Waals surface area contributed by atoms with E-state index in [-0.39, 0.29) is 0 Å². The monoisotopic (exact) mass is 274 g/mol. The van der Waals surface area contributed by atoms with E-state index in [0.717, 1.165) is 6.29 Å². The van der Waals surface area contributed by atoms with Crippen LogP contribution in [0.3, 0.4) is 0 Å². The number of carbonyl (C=O) groups is 2. The zero-order valence-corrected chi connectivity index (χ0v) is 11.9. The third-order valence-electron chi connectivity index (χ3n) is 2.09. The second-order valence-corrected chi connectivity index (χ2v) is 5.04. The Morgan fingerprint density at radius 1 is 1.50 bits per heavy atom. The van der Waals surface area contributed by atoms with Crippen LogP contribution in [0.1, 0.15) is 43.2 Å². The first-order chi connectivity index (χ1) is 9.42. The fraction of sp³-hybridized carbons (Fsp3) is 0.400. The van der Waals surface area contributed by atoms with Crippen LogP contribution in [0.25, 0.3) is 0 Å². The molecule has 1 N–H and O–H groups in total. The average molecular weight is 274 g/mol. The van der Waals surface area contributed by atoms with Crippen LogP contribution in [0.15, 0.2) is 18.3 Å². The maximum absolute atomic E-state index is 11.4. The molecule has 0 bridgehead atoms. The molecule has 0 fully saturated rings. The molecule has 0 atom stereocenters.